The second-order valence-electron chi connectivity index (χ2n) is 7.16. The summed E-state index contributed by atoms with van der Waals surface area (Å²) in [6, 6.07) is 22.6. The van der Waals surface area contributed by atoms with E-state index >= 15 is 0 Å². The van der Waals surface area contributed by atoms with E-state index in [9.17, 15) is 4.39 Å². The molecule has 2 aliphatic rings. The summed E-state index contributed by atoms with van der Waals surface area (Å²) < 4.78 is 25.3. The molecule has 0 spiro atoms. The molecule has 0 aromatic heterocycles. The molecule has 5 rings (SSSR count). The van der Waals surface area contributed by atoms with Gasteiger partial charge in [-0.3, -0.25) is 0 Å². The Morgan fingerprint density at radius 2 is 1.79 bits per heavy atom. The summed E-state index contributed by atoms with van der Waals surface area (Å²) in [5.41, 5.74) is 4.07. The number of fused-ring (bicyclic) bond motifs is 3. The minimum atomic E-state index is -0.393. The number of para-hydroxylation sites is 1. The second-order valence-corrected chi connectivity index (χ2v) is 7.16. The predicted octanol–water partition coefficient (Wildman–Crippen LogP) is 5.47. The second kappa shape index (κ2) is 7.24. The number of hydrogen-bond donors (Lipinski definition) is 0. The Morgan fingerprint density at radius 3 is 2.55 bits per heavy atom. The summed E-state index contributed by atoms with van der Waals surface area (Å²) in [6.45, 7) is 2.61. The van der Waals surface area contributed by atoms with E-state index in [1.54, 1.807) is 12.1 Å². The van der Waals surface area contributed by atoms with Crippen molar-refractivity contribution in [2.45, 2.75) is 25.6 Å². The summed E-state index contributed by atoms with van der Waals surface area (Å²) in [5.74, 6) is 1.44. The summed E-state index contributed by atoms with van der Waals surface area (Å²) >= 11 is 0. The fourth-order valence-electron chi connectivity index (χ4n) is 3.97. The number of hydrogen-bond acceptors (Lipinski definition) is 4. The number of nitrogens with zero attached hydrogens (tertiary/aromatic N) is 2. The Morgan fingerprint density at radius 1 is 1.03 bits per heavy atom. The molecule has 2 aliphatic heterocycles. The van der Waals surface area contributed by atoms with Crippen molar-refractivity contribution in [1.82, 2.24) is 5.01 Å². The molecule has 0 bridgehead atoms. The van der Waals surface area contributed by atoms with Crippen molar-refractivity contribution in [3.8, 4) is 11.5 Å². The van der Waals surface area contributed by atoms with Crippen LogP contribution in [0, 0.1) is 5.82 Å². The molecule has 0 saturated heterocycles. The van der Waals surface area contributed by atoms with Gasteiger partial charge in [0, 0.05) is 17.5 Å². The van der Waals surface area contributed by atoms with Crippen LogP contribution in [-0.2, 0) is 0 Å². The molecule has 3 aromatic rings. The molecular weight excluding hydrogens is 367 g/mol. The van der Waals surface area contributed by atoms with E-state index in [1.807, 2.05) is 54.4 Å². The zero-order chi connectivity index (χ0) is 19.8. The molecule has 2 atom stereocenters. The van der Waals surface area contributed by atoms with Gasteiger partial charge < -0.3 is 9.47 Å². The van der Waals surface area contributed by atoms with Crippen molar-refractivity contribution in [1.29, 1.82) is 0 Å². The first-order valence-electron chi connectivity index (χ1n) is 9.83. The Balaban J connectivity index is 1.52. The lowest BCUT2D eigenvalue weighted by atomic mass is 9.96. The van der Waals surface area contributed by atoms with Gasteiger partial charge in [0.05, 0.1) is 18.4 Å². The average molecular weight is 388 g/mol. The van der Waals surface area contributed by atoms with Crippen LogP contribution in [0.5, 0.6) is 11.5 Å². The fourth-order valence-corrected chi connectivity index (χ4v) is 3.97. The molecule has 3 aromatic carbocycles. The first-order chi connectivity index (χ1) is 14.2. The molecular formula is C24H21FN2O2. The lowest BCUT2D eigenvalue weighted by molar-refractivity contribution is -0.0190. The highest BCUT2D eigenvalue weighted by Gasteiger charge is 2.40. The molecule has 29 heavy (non-hydrogen) atoms. The Labute approximate surface area is 169 Å². The minimum absolute atomic E-state index is 0.0802. The van der Waals surface area contributed by atoms with Crippen LogP contribution in [0.3, 0.4) is 0 Å². The van der Waals surface area contributed by atoms with Gasteiger partial charge in [-0.1, -0.05) is 30.3 Å². The highest BCUT2D eigenvalue weighted by atomic mass is 19.1. The molecule has 5 heteroatoms. The minimum Gasteiger partial charge on any atom is -0.494 e. The number of halogens is 1. The van der Waals surface area contributed by atoms with Crippen molar-refractivity contribution < 1.29 is 13.9 Å². The normalized spacial score (nSPS) is 19.8. The van der Waals surface area contributed by atoms with E-state index in [-0.39, 0.29) is 11.9 Å². The van der Waals surface area contributed by atoms with Crippen molar-refractivity contribution in [2.24, 2.45) is 5.10 Å². The molecule has 0 N–H and O–H groups in total. The third-order valence-corrected chi connectivity index (χ3v) is 5.35. The van der Waals surface area contributed by atoms with Crippen LogP contribution in [0.4, 0.5) is 4.39 Å². The molecule has 0 unspecified atom stereocenters. The van der Waals surface area contributed by atoms with Gasteiger partial charge in [-0.25, -0.2) is 9.40 Å². The molecule has 0 saturated carbocycles. The Hall–Kier alpha value is -3.34. The van der Waals surface area contributed by atoms with Crippen LogP contribution in [0.25, 0.3) is 0 Å². The SMILES string of the molecule is CCOc1ccc(C2=NN3[C@H](C2)c2ccccc2O[C@@H]3c2ccc(F)cc2)cc1. The summed E-state index contributed by atoms with van der Waals surface area (Å²) in [7, 11) is 0. The van der Waals surface area contributed by atoms with Gasteiger partial charge in [0.15, 0.2) is 0 Å². The van der Waals surface area contributed by atoms with Crippen LogP contribution in [0.15, 0.2) is 77.9 Å². The van der Waals surface area contributed by atoms with E-state index in [1.165, 1.54) is 12.1 Å². The van der Waals surface area contributed by atoms with Gasteiger partial charge in [0.25, 0.3) is 0 Å². The van der Waals surface area contributed by atoms with Crippen LogP contribution in [0.1, 0.15) is 42.3 Å². The van der Waals surface area contributed by atoms with E-state index in [0.717, 1.165) is 40.3 Å². The third kappa shape index (κ3) is 3.23. The maximum Gasteiger partial charge on any atom is 0.213 e. The highest BCUT2D eigenvalue weighted by molar-refractivity contribution is 6.02. The van der Waals surface area contributed by atoms with Gasteiger partial charge in [-0.05, 0) is 55.0 Å². The molecule has 0 amide bonds. The van der Waals surface area contributed by atoms with E-state index < -0.39 is 6.23 Å². The van der Waals surface area contributed by atoms with Crippen LogP contribution < -0.4 is 9.47 Å². The van der Waals surface area contributed by atoms with Gasteiger partial charge in [-0.2, -0.15) is 5.10 Å². The maximum absolute atomic E-state index is 13.4. The van der Waals surface area contributed by atoms with Crippen LogP contribution >= 0.6 is 0 Å². The summed E-state index contributed by atoms with van der Waals surface area (Å²) in [6.07, 6.45) is 0.391. The predicted molar refractivity (Wildman–Crippen MR) is 110 cm³/mol. The van der Waals surface area contributed by atoms with E-state index in [0.29, 0.717) is 6.61 Å². The zero-order valence-corrected chi connectivity index (χ0v) is 16.1. The lowest BCUT2D eigenvalue weighted by Gasteiger charge is -2.38. The highest BCUT2D eigenvalue weighted by Crippen LogP contribution is 2.47. The van der Waals surface area contributed by atoms with Gasteiger partial charge >= 0.3 is 0 Å². The smallest absolute Gasteiger partial charge is 0.213 e. The first-order valence-corrected chi connectivity index (χ1v) is 9.83. The topological polar surface area (TPSA) is 34.1 Å². The first kappa shape index (κ1) is 17.7. The lowest BCUT2D eigenvalue weighted by Crippen LogP contribution is -2.33. The zero-order valence-electron chi connectivity index (χ0n) is 16.1. The van der Waals surface area contributed by atoms with E-state index in [2.05, 4.69) is 6.07 Å². The Kier molecular flexibility index (Phi) is 4.43. The molecule has 4 nitrogen and oxygen atoms in total. The third-order valence-electron chi connectivity index (χ3n) is 5.35. The van der Waals surface area contributed by atoms with Crippen molar-refractivity contribution in [3.63, 3.8) is 0 Å². The van der Waals surface area contributed by atoms with Crippen molar-refractivity contribution in [3.05, 3.63) is 95.3 Å². The molecule has 0 radical (unpaired) electrons. The number of ether oxygens (including phenoxy) is 2. The average Bonchev–Trinajstić information content (AvgIpc) is 3.20. The fraction of sp³-hybridized carbons (Fsp3) is 0.208. The molecule has 146 valence electrons. The number of rotatable bonds is 4. The molecule has 0 fully saturated rings. The van der Waals surface area contributed by atoms with E-state index in [4.69, 9.17) is 14.6 Å². The summed E-state index contributed by atoms with van der Waals surface area (Å²) in [5, 5.41) is 6.93. The number of benzene rings is 3. The van der Waals surface area contributed by atoms with Gasteiger partial charge in [-0.15, -0.1) is 0 Å². The van der Waals surface area contributed by atoms with Gasteiger partial charge in [0.1, 0.15) is 17.3 Å². The maximum atomic E-state index is 13.4. The largest absolute Gasteiger partial charge is 0.494 e. The number of hydrazone groups is 1. The Bertz CT molecular complexity index is 1050. The van der Waals surface area contributed by atoms with Crippen molar-refractivity contribution >= 4 is 5.71 Å². The van der Waals surface area contributed by atoms with Crippen LogP contribution in [0.2, 0.25) is 0 Å². The van der Waals surface area contributed by atoms with Crippen molar-refractivity contribution in [2.75, 3.05) is 6.61 Å². The monoisotopic (exact) mass is 388 g/mol. The standard InChI is InChI=1S/C24H21FN2O2/c1-2-28-19-13-9-16(10-14-19)21-15-22-20-5-3-4-6-23(20)29-24(27(22)26-21)17-7-11-18(25)12-8-17/h3-14,22,24H,2,15H2,1H3/t22-,24-/m1/s1. The quantitative estimate of drug-likeness (QED) is 0.595. The molecule has 2 heterocycles. The van der Waals surface area contributed by atoms with Gasteiger partial charge in [0.2, 0.25) is 6.23 Å². The van der Waals surface area contributed by atoms with Crippen LogP contribution in [-0.4, -0.2) is 17.3 Å². The summed E-state index contributed by atoms with van der Waals surface area (Å²) in [4.78, 5) is 0. The molecule has 0 aliphatic carbocycles.